The molecule has 0 fully saturated rings. The number of para-hydroxylation sites is 1. The molecule has 4 heteroatoms. The number of nitrogens with two attached hydrogens (primary N) is 1. The number of oxazole rings is 1. The lowest BCUT2D eigenvalue weighted by atomic mass is 10.0. The maximum absolute atomic E-state index is 5.86. The van der Waals surface area contributed by atoms with E-state index in [0.717, 1.165) is 23.4 Å². The fraction of sp³-hybridized carbons (Fsp3) is 0.533. The predicted octanol–water partition coefficient (Wildman–Crippen LogP) is 4.04. The molecule has 0 spiro atoms. The van der Waals surface area contributed by atoms with Crippen molar-refractivity contribution >= 4 is 22.8 Å². The molecule has 0 saturated heterocycles. The Hall–Kier alpha value is -1.71. The molecule has 0 aliphatic heterocycles. The van der Waals surface area contributed by atoms with Crippen molar-refractivity contribution in [2.75, 3.05) is 11.1 Å². The van der Waals surface area contributed by atoms with Gasteiger partial charge in [0, 0.05) is 6.04 Å². The van der Waals surface area contributed by atoms with Crippen molar-refractivity contribution in [1.29, 1.82) is 0 Å². The zero-order valence-corrected chi connectivity index (χ0v) is 11.9. The maximum atomic E-state index is 5.86. The second-order valence-electron chi connectivity index (χ2n) is 5.58. The van der Waals surface area contributed by atoms with Gasteiger partial charge in [0.05, 0.1) is 5.69 Å². The molecule has 104 valence electrons. The summed E-state index contributed by atoms with van der Waals surface area (Å²) in [4.78, 5) is 4.39. The molecule has 2 aromatic rings. The summed E-state index contributed by atoms with van der Waals surface area (Å²) >= 11 is 0. The van der Waals surface area contributed by atoms with Crippen LogP contribution in [0.15, 0.2) is 22.6 Å². The van der Waals surface area contributed by atoms with Gasteiger partial charge in [0.1, 0.15) is 5.52 Å². The van der Waals surface area contributed by atoms with Gasteiger partial charge in [-0.3, -0.25) is 0 Å². The molecule has 0 aliphatic carbocycles. The Morgan fingerprint density at radius 1 is 1.26 bits per heavy atom. The third-order valence-electron chi connectivity index (χ3n) is 3.24. The van der Waals surface area contributed by atoms with Crippen LogP contribution in [0.5, 0.6) is 0 Å². The number of benzene rings is 1. The predicted molar refractivity (Wildman–Crippen MR) is 80.2 cm³/mol. The molecule has 19 heavy (non-hydrogen) atoms. The van der Waals surface area contributed by atoms with Gasteiger partial charge < -0.3 is 15.5 Å². The van der Waals surface area contributed by atoms with E-state index in [2.05, 4.69) is 31.1 Å². The normalized spacial score (nSPS) is 13.1. The monoisotopic (exact) mass is 261 g/mol. The topological polar surface area (TPSA) is 64.1 Å². The number of anilines is 2. The number of aromatic nitrogens is 1. The van der Waals surface area contributed by atoms with Gasteiger partial charge in [-0.25, -0.2) is 0 Å². The van der Waals surface area contributed by atoms with Crippen molar-refractivity contribution < 1.29 is 4.42 Å². The third-order valence-corrected chi connectivity index (χ3v) is 3.24. The van der Waals surface area contributed by atoms with Gasteiger partial charge in [-0.05, 0) is 31.4 Å². The molecule has 3 N–H and O–H groups in total. The molecular weight excluding hydrogens is 238 g/mol. The van der Waals surface area contributed by atoms with Gasteiger partial charge in [-0.15, -0.1) is 0 Å². The molecule has 1 atom stereocenters. The highest BCUT2D eigenvalue weighted by Crippen LogP contribution is 2.24. The van der Waals surface area contributed by atoms with Gasteiger partial charge in [0.25, 0.3) is 6.01 Å². The molecule has 1 aromatic heterocycles. The van der Waals surface area contributed by atoms with Crippen LogP contribution in [-0.2, 0) is 0 Å². The standard InChI is InChI=1S/C15H23N3O/c1-10(2)6-4-7-11(3)17-15-18-14-12(16)8-5-9-13(14)19-15/h5,8-11H,4,6-7,16H2,1-3H3,(H,17,18). The SMILES string of the molecule is CC(C)CCCC(C)Nc1nc2c(N)cccc2o1. The molecule has 1 aromatic carbocycles. The van der Waals surface area contributed by atoms with E-state index in [4.69, 9.17) is 10.2 Å². The van der Waals surface area contributed by atoms with Crippen LogP contribution in [0.4, 0.5) is 11.7 Å². The average Bonchev–Trinajstić information content (AvgIpc) is 2.72. The van der Waals surface area contributed by atoms with Crippen LogP contribution in [-0.4, -0.2) is 11.0 Å². The first-order valence-electron chi connectivity index (χ1n) is 6.98. The largest absolute Gasteiger partial charge is 0.423 e. The zero-order chi connectivity index (χ0) is 13.8. The summed E-state index contributed by atoms with van der Waals surface area (Å²) in [5, 5.41) is 3.30. The Balaban J connectivity index is 1.95. The number of hydrogen-bond acceptors (Lipinski definition) is 4. The van der Waals surface area contributed by atoms with E-state index in [0.29, 0.717) is 17.7 Å². The second kappa shape index (κ2) is 5.95. The van der Waals surface area contributed by atoms with Crippen molar-refractivity contribution in [3.8, 4) is 0 Å². The van der Waals surface area contributed by atoms with E-state index in [9.17, 15) is 0 Å². The van der Waals surface area contributed by atoms with Crippen molar-refractivity contribution in [3.63, 3.8) is 0 Å². The minimum Gasteiger partial charge on any atom is -0.423 e. The summed E-state index contributed by atoms with van der Waals surface area (Å²) in [6, 6.07) is 6.50. The van der Waals surface area contributed by atoms with Crippen LogP contribution < -0.4 is 11.1 Å². The molecule has 0 bridgehead atoms. The number of nitrogens with zero attached hydrogens (tertiary/aromatic N) is 1. The summed E-state index contributed by atoms with van der Waals surface area (Å²) in [6.07, 6.45) is 3.59. The first kappa shape index (κ1) is 13.7. The Labute approximate surface area is 114 Å². The Morgan fingerprint density at radius 3 is 2.74 bits per heavy atom. The minimum absolute atomic E-state index is 0.355. The third kappa shape index (κ3) is 3.63. The van der Waals surface area contributed by atoms with E-state index in [-0.39, 0.29) is 0 Å². The second-order valence-corrected chi connectivity index (χ2v) is 5.58. The van der Waals surface area contributed by atoms with Crippen molar-refractivity contribution in [2.24, 2.45) is 5.92 Å². The summed E-state index contributed by atoms with van der Waals surface area (Å²) in [7, 11) is 0. The zero-order valence-electron chi connectivity index (χ0n) is 11.9. The molecule has 2 rings (SSSR count). The van der Waals surface area contributed by atoms with Crippen molar-refractivity contribution in [1.82, 2.24) is 4.98 Å². The minimum atomic E-state index is 0.355. The van der Waals surface area contributed by atoms with Crippen molar-refractivity contribution in [2.45, 2.75) is 46.1 Å². The lowest BCUT2D eigenvalue weighted by Gasteiger charge is -2.12. The molecule has 0 radical (unpaired) electrons. The average molecular weight is 261 g/mol. The fourth-order valence-corrected chi connectivity index (χ4v) is 2.15. The molecule has 0 saturated carbocycles. The molecule has 0 amide bonds. The number of nitrogens with one attached hydrogen (secondary N) is 1. The fourth-order valence-electron chi connectivity index (χ4n) is 2.15. The summed E-state index contributed by atoms with van der Waals surface area (Å²) in [6.45, 7) is 6.65. The molecule has 1 unspecified atom stereocenters. The Kier molecular flexibility index (Phi) is 4.30. The van der Waals surface area contributed by atoms with E-state index in [1.54, 1.807) is 0 Å². The molecule has 1 heterocycles. The van der Waals surface area contributed by atoms with Crippen LogP contribution in [0, 0.1) is 5.92 Å². The quantitative estimate of drug-likeness (QED) is 0.770. The highest BCUT2D eigenvalue weighted by Gasteiger charge is 2.10. The summed E-state index contributed by atoms with van der Waals surface area (Å²) < 4.78 is 5.64. The van der Waals surface area contributed by atoms with Gasteiger partial charge >= 0.3 is 0 Å². The molecule has 0 aliphatic rings. The van der Waals surface area contributed by atoms with Crippen LogP contribution >= 0.6 is 0 Å². The maximum Gasteiger partial charge on any atom is 0.295 e. The first-order chi connectivity index (χ1) is 9.06. The Bertz CT molecular complexity index is 533. The van der Waals surface area contributed by atoms with Crippen LogP contribution in [0.1, 0.15) is 40.0 Å². The van der Waals surface area contributed by atoms with E-state index < -0.39 is 0 Å². The van der Waals surface area contributed by atoms with Crippen LogP contribution in [0.2, 0.25) is 0 Å². The van der Waals surface area contributed by atoms with Gasteiger partial charge in [0.15, 0.2) is 5.58 Å². The number of fused-ring (bicyclic) bond motifs is 1. The van der Waals surface area contributed by atoms with Gasteiger partial charge in [-0.2, -0.15) is 4.98 Å². The van der Waals surface area contributed by atoms with Gasteiger partial charge in [0.2, 0.25) is 0 Å². The molecule has 4 nitrogen and oxygen atoms in total. The smallest absolute Gasteiger partial charge is 0.295 e. The molecular formula is C15H23N3O. The number of rotatable bonds is 6. The summed E-state index contributed by atoms with van der Waals surface area (Å²) in [5.41, 5.74) is 7.99. The summed E-state index contributed by atoms with van der Waals surface area (Å²) in [5.74, 6) is 0.760. The Morgan fingerprint density at radius 2 is 2.05 bits per heavy atom. The van der Waals surface area contributed by atoms with E-state index in [1.807, 2.05) is 18.2 Å². The highest BCUT2D eigenvalue weighted by molar-refractivity contribution is 5.86. The van der Waals surface area contributed by atoms with Crippen LogP contribution in [0.25, 0.3) is 11.1 Å². The number of hydrogen-bond donors (Lipinski definition) is 2. The van der Waals surface area contributed by atoms with E-state index in [1.165, 1.54) is 12.8 Å². The first-order valence-corrected chi connectivity index (χ1v) is 6.98. The van der Waals surface area contributed by atoms with E-state index >= 15 is 0 Å². The van der Waals surface area contributed by atoms with Gasteiger partial charge in [-0.1, -0.05) is 32.8 Å². The lowest BCUT2D eigenvalue weighted by Crippen LogP contribution is -2.15. The van der Waals surface area contributed by atoms with Crippen molar-refractivity contribution in [3.05, 3.63) is 18.2 Å². The lowest BCUT2D eigenvalue weighted by molar-refractivity contribution is 0.512. The van der Waals surface area contributed by atoms with Crippen LogP contribution in [0.3, 0.4) is 0 Å². The number of nitrogen functional groups attached to an aromatic ring is 1. The highest BCUT2D eigenvalue weighted by atomic mass is 16.4.